The van der Waals surface area contributed by atoms with Crippen LogP contribution in [-0.2, 0) is 21.4 Å². The minimum atomic E-state index is -4.00. The Labute approximate surface area is 198 Å². The van der Waals surface area contributed by atoms with Crippen molar-refractivity contribution in [3.63, 3.8) is 0 Å². The van der Waals surface area contributed by atoms with E-state index in [-0.39, 0.29) is 23.9 Å². The number of rotatable bonds is 7. The number of piperazine rings is 1. The summed E-state index contributed by atoms with van der Waals surface area (Å²) in [7, 11) is -4.00. The van der Waals surface area contributed by atoms with Crippen molar-refractivity contribution < 1.29 is 13.2 Å². The molecule has 3 rings (SSSR count). The Hall–Kier alpha value is -1.35. The number of halogens is 3. The third-order valence-electron chi connectivity index (χ3n) is 5.33. The second kappa shape index (κ2) is 10.5. The summed E-state index contributed by atoms with van der Waals surface area (Å²) in [6, 6.07) is 10.8. The Bertz CT molecular complexity index is 1000. The van der Waals surface area contributed by atoms with Crippen LogP contribution in [0.1, 0.15) is 12.5 Å². The Balaban J connectivity index is 1.89. The third kappa shape index (κ3) is 5.92. The predicted molar refractivity (Wildman–Crippen MR) is 124 cm³/mol. The molecule has 2 aromatic carbocycles. The Morgan fingerprint density at radius 1 is 0.968 bits per heavy atom. The van der Waals surface area contributed by atoms with Gasteiger partial charge in [-0.05, 0) is 42.9 Å². The largest absolute Gasteiger partial charge is 0.339 e. The van der Waals surface area contributed by atoms with Crippen LogP contribution in [0.25, 0.3) is 0 Å². The highest BCUT2D eigenvalue weighted by molar-refractivity contribution is 7.89. The van der Waals surface area contributed by atoms with E-state index in [0.717, 1.165) is 23.9 Å². The lowest BCUT2D eigenvalue weighted by molar-refractivity contribution is -0.133. The number of likely N-dealkylation sites (N-methyl/N-ethyl adjacent to an activating group) is 1. The molecule has 0 saturated carbocycles. The molecule has 1 aliphatic rings. The summed E-state index contributed by atoms with van der Waals surface area (Å²) in [6.07, 6.45) is 0. The summed E-state index contributed by atoms with van der Waals surface area (Å²) in [5.74, 6) is -0.253. The molecular formula is C21H24Cl3N3O3S. The molecule has 1 amide bonds. The van der Waals surface area contributed by atoms with Gasteiger partial charge < -0.3 is 9.80 Å². The smallest absolute Gasteiger partial charge is 0.243 e. The number of amides is 1. The van der Waals surface area contributed by atoms with Gasteiger partial charge in [0.2, 0.25) is 15.9 Å². The van der Waals surface area contributed by atoms with Gasteiger partial charge in [0.05, 0.1) is 11.4 Å². The summed E-state index contributed by atoms with van der Waals surface area (Å²) in [4.78, 5) is 17.0. The summed E-state index contributed by atoms with van der Waals surface area (Å²) < 4.78 is 27.9. The third-order valence-corrected chi connectivity index (χ3v) is 8.10. The monoisotopic (exact) mass is 503 g/mol. The summed E-state index contributed by atoms with van der Waals surface area (Å²) in [5.41, 5.74) is 0.451. The molecule has 2 aromatic rings. The van der Waals surface area contributed by atoms with Crippen molar-refractivity contribution in [3.8, 4) is 0 Å². The number of hydrogen-bond acceptors (Lipinski definition) is 4. The highest BCUT2D eigenvalue weighted by Crippen LogP contribution is 2.28. The first-order chi connectivity index (χ1) is 14.7. The maximum absolute atomic E-state index is 13.4. The topological polar surface area (TPSA) is 60.9 Å². The molecule has 0 bridgehead atoms. The van der Waals surface area contributed by atoms with Crippen molar-refractivity contribution in [1.82, 2.24) is 14.1 Å². The van der Waals surface area contributed by atoms with Crippen molar-refractivity contribution in [2.24, 2.45) is 0 Å². The minimum Gasteiger partial charge on any atom is -0.339 e. The molecule has 0 aliphatic carbocycles. The van der Waals surface area contributed by atoms with Gasteiger partial charge in [-0.3, -0.25) is 4.79 Å². The van der Waals surface area contributed by atoms with Gasteiger partial charge in [0.15, 0.2) is 0 Å². The fraction of sp³-hybridized carbons (Fsp3) is 0.381. The number of carbonyl (C=O) groups excluding carboxylic acids is 1. The van der Waals surface area contributed by atoms with Gasteiger partial charge in [-0.1, -0.05) is 47.8 Å². The van der Waals surface area contributed by atoms with E-state index < -0.39 is 10.0 Å². The van der Waals surface area contributed by atoms with Crippen LogP contribution in [0.5, 0.6) is 0 Å². The highest BCUT2D eigenvalue weighted by Gasteiger charge is 2.30. The average molecular weight is 505 g/mol. The standard InChI is InChI=1S/C21H24Cl3N3O3S/c1-2-25-10-12-26(13-11-25)21(28)15-27(14-18-19(23)4-3-5-20(18)24)31(29,30)17-8-6-16(22)7-9-17/h3-9H,2,10-15H2,1H3. The molecule has 0 N–H and O–H groups in total. The van der Waals surface area contributed by atoms with Crippen molar-refractivity contribution in [2.45, 2.75) is 18.4 Å². The van der Waals surface area contributed by atoms with Crippen LogP contribution in [0, 0.1) is 0 Å². The van der Waals surface area contributed by atoms with E-state index in [9.17, 15) is 13.2 Å². The van der Waals surface area contributed by atoms with Crippen LogP contribution in [0.15, 0.2) is 47.4 Å². The number of hydrogen-bond donors (Lipinski definition) is 0. The van der Waals surface area contributed by atoms with Crippen LogP contribution >= 0.6 is 34.8 Å². The maximum atomic E-state index is 13.4. The number of nitrogens with zero attached hydrogens (tertiary/aromatic N) is 3. The summed E-state index contributed by atoms with van der Waals surface area (Å²) in [6.45, 7) is 5.23. The van der Waals surface area contributed by atoms with Crippen molar-refractivity contribution in [3.05, 3.63) is 63.1 Å². The van der Waals surface area contributed by atoms with Crippen molar-refractivity contribution in [1.29, 1.82) is 0 Å². The molecule has 1 aliphatic heterocycles. The van der Waals surface area contributed by atoms with E-state index in [1.165, 1.54) is 24.3 Å². The van der Waals surface area contributed by atoms with E-state index >= 15 is 0 Å². The highest BCUT2D eigenvalue weighted by atomic mass is 35.5. The molecule has 6 nitrogen and oxygen atoms in total. The molecule has 1 heterocycles. The maximum Gasteiger partial charge on any atom is 0.243 e. The Morgan fingerprint density at radius 2 is 1.55 bits per heavy atom. The first-order valence-electron chi connectivity index (χ1n) is 9.91. The quantitative estimate of drug-likeness (QED) is 0.572. The molecule has 1 saturated heterocycles. The van der Waals surface area contributed by atoms with Gasteiger partial charge in [-0.2, -0.15) is 4.31 Å². The first kappa shape index (κ1) is 24.3. The zero-order chi connectivity index (χ0) is 22.6. The molecule has 168 valence electrons. The number of carbonyl (C=O) groups is 1. The molecule has 0 atom stereocenters. The molecular weight excluding hydrogens is 481 g/mol. The van der Waals surface area contributed by atoms with Gasteiger partial charge in [-0.25, -0.2) is 8.42 Å². The van der Waals surface area contributed by atoms with Crippen LogP contribution in [-0.4, -0.2) is 67.7 Å². The molecule has 0 spiro atoms. The lowest BCUT2D eigenvalue weighted by Gasteiger charge is -2.35. The second-order valence-electron chi connectivity index (χ2n) is 7.24. The van der Waals surface area contributed by atoms with E-state index in [1.807, 2.05) is 0 Å². The second-order valence-corrected chi connectivity index (χ2v) is 10.4. The van der Waals surface area contributed by atoms with Gasteiger partial charge in [0.25, 0.3) is 0 Å². The normalized spacial score (nSPS) is 15.5. The first-order valence-corrected chi connectivity index (χ1v) is 12.5. The SMILES string of the molecule is CCN1CCN(C(=O)CN(Cc2c(Cl)cccc2Cl)S(=O)(=O)c2ccc(Cl)cc2)CC1. The zero-order valence-corrected chi connectivity index (χ0v) is 20.2. The zero-order valence-electron chi connectivity index (χ0n) is 17.1. The minimum absolute atomic E-state index is 0.0451. The van der Waals surface area contributed by atoms with E-state index in [2.05, 4.69) is 11.8 Å². The molecule has 10 heteroatoms. The van der Waals surface area contributed by atoms with Gasteiger partial charge >= 0.3 is 0 Å². The van der Waals surface area contributed by atoms with Crippen molar-refractivity contribution in [2.75, 3.05) is 39.3 Å². The Kier molecular flexibility index (Phi) is 8.24. The van der Waals surface area contributed by atoms with Crippen LogP contribution < -0.4 is 0 Å². The van der Waals surface area contributed by atoms with E-state index in [1.54, 1.807) is 23.1 Å². The van der Waals surface area contributed by atoms with Crippen LogP contribution in [0.2, 0.25) is 15.1 Å². The fourth-order valence-electron chi connectivity index (χ4n) is 3.41. The van der Waals surface area contributed by atoms with Gasteiger partial charge in [0, 0.05) is 53.4 Å². The predicted octanol–water partition coefficient (Wildman–Crippen LogP) is 4.00. The molecule has 0 aromatic heterocycles. The average Bonchev–Trinajstić information content (AvgIpc) is 2.75. The molecule has 0 unspecified atom stereocenters. The molecule has 31 heavy (non-hydrogen) atoms. The van der Waals surface area contributed by atoms with E-state index in [0.29, 0.717) is 33.7 Å². The van der Waals surface area contributed by atoms with Crippen LogP contribution in [0.4, 0.5) is 0 Å². The Morgan fingerprint density at radius 3 is 2.10 bits per heavy atom. The summed E-state index contributed by atoms with van der Waals surface area (Å²) in [5, 5.41) is 1.10. The van der Waals surface area contributed by atoms with Gasteiger partial charge in [-0.15, -0.1) is 0 Å². The number of benzene rings is 2. The summed E-state index contributed by atoms with van der Waals surface area (Å²) >= 11 is 18.5. The molecule has 1 fully saturated rings. The van der Waals surface area contributed by atoms with Gasteiger partial charge in [0.1, 0.15) is 0 Å². The van der Waals surface area contributed by atoms with Crippen LogP contribution in [0.3, 0.4) is 0 Å². The molecule has 0 radical (unpaired) electrons. The number of sulfonamides is 1. The van der Waals surface area contributed by atoms with E-state index in [4.69, 9.17) is 34.8 Å². The lowest BCUT2D eigenvalue weighted by Crippen LogP contribution is -2.51. The van der Waals surface area contributed by atoms with Crippen molar-refractivity contribution >= 4 is 50.7 Å². The lowest BCUT2D eigenvalue weighted by atomic mass is 10.2. The fourth-order valence-corrected chi connectivity index (χ4v) is 5.41.